The molecule has 18 heavy (non-hydrogen) atoms. The van der Waals surface area contributed by atoms with Crippen LogP contribution in [-0.4, -0.2) is 55.2 Å². The van der Waals surface area contributed by atoms with Crippen LogP contribution in [0.25, 0.3) is 0 Å². The molecule has 1 rings (SSSR count). The third-order valence-electron chi connectivity index (χ3n) is 2.93. The molecule has 4 N–H and O–H groups in total. The SMILES string of the molecule is CC(C)(N)CCC(=O)N1CCN(S(N)(=O)=O)CC1. The van der Waals surface area contributed by atoms with Gasteiger partial charge >= 0.3 is 0 Å². The van der Waals surface area contributed by atoms with E-state index in [9.17, 15) is 13.2 Å². The van der Waals surface area contributed by atoms with E-state index < -0.39 is 10.2 Å². The standard InChI is InChI=1S/C10H22N4O3S/c1-10(2,11)4-3-9(15)13-5-7-14(8-6-13)18(12,16)17/h3-8,11H2,1-2H3,(H2,12,16,17). The molecule has 1 heterocycles. The van der Waals surface area contributed by atoms with Gasteiger partial charge < -0.3 is 10.6 Å². The van der Waals surface area contributed by atoms with E-state index in [-0.39, 0.29) is 24.5 Å². The number of nitrogens with zero attached hydrogens (tertiary/aromatic N) is 2. The third kappa shape index (κ3) is 4.89. The average molecular weight is 278 g/mol. The maximum Gasteiger partial charge on any atom is 0.277 e. The van der Waals surface area contributed by atoms with Gasteiger partial charge in [0.2, 0.25) is 5.91 Å². The van der Waals surface area contributed by atoms with E-state index in [2.05, 4.69) is 0 Å². The summed E-state index contributed by atoms with van der Waals surface area (Å²) in [6.45, 7) is 5.05. The van der Waals surface area contributed by atoms with Crippen molar-refractivity contribution < 1.29 is 13.2 Å². The summed E-state index contributed by atoms with van der Waals surface area (Å²) in [5.41, 5.74) is 5.45. The maximum absolute atomic E-state index is 11.9. The normalized spacial score (nSPS) is 19.0. The molecule has 0 saturated carbocycles. The van der Waals surface area contributed by atoms with Crippen LogP contribution in [0.5, 0.6) is 0 Å². The highest BCUT2D eigenvalue weighted by atomic mass is 32.2. The lowest BCUT2D eigenvalue weighted by Gasteiger charge is -2.33. The first-order valence-electron chi connectivity index (χ1n) is 5.94. The van der Waals surface area contributed by atoms with Gasteiger partial charge in [0.1, 0.15) is 0 Å². The molecule has 1 aliphatic heterocycles. The lowest BCUT2D eigenvalue weighted by atomic mass is 9.99. The van der Waals surface area contributed by atoms with Gasteiger partial charge in [0, 0.05) is 38.1 Å². The summed E-state index contributed by atoms with van der Waals surface area (Å²) in [5.74, 6) is 0.0163. The number of hydrogen-bond donors (Lipinski definition) is 2. The Bertz CT molecular complexity index is 394. The molecule has 0 aromatic heterocycles. The van der Waals surface area contributed by atoms with Crippen molar-refractivity contribution in [3.05, 3.63) is 0 Å². The van der Waals surface area contributed by atoms with Crippen molar-refractivity contribution >= 4 is 16.1 Å². The summed E-state index contributed by atoms with van der Waals surface area (Å²) in [6, 6.07) is 0. The van der Waals surface area contributed by atoms with Gasteiger partial charge in [0.05, 0.1) is 0 Å². The van der Waals surface area contributed by atoms with Crippen molar-refractivity contribution in [3.63, 3.8) is 0 Å². The van der Waals surface area contributed by atoms with E-state index in [4.69, 9.17) is 10.9 Å². The number of amides is 1. The predicted molar refractivity (Wildman–Crippen MR) is 68.8 cm³/mol. The Morgan fingerprint density at radius 1 is 1.22 bits per heavy atom. The molecule has 1 saturated heterocycles. The van der Waals surface area contributed by atoms with E-state index in [0.717, 1.165) is 0 Å². The molecule has 1 fully saturated rings. The zero-order chi connectivity index (χ0) is 14.0. The first-order chi connectivity index (χ1) is 8.09. The molecular weight excluding hydrogens is 256 g/mol. The second-order valence-corrected chi connectivity index (χ2v) is 6.86. The van der Waals surface area contributed by atoms with Gasteiger partial charge in [-0.1, -0.05) is 0 Å². The Hall–Kier alpha value is -0.700. The van der Waals surface area contributed by atoms with Gasteiger partial charge in [0.15, 0.2) is 0 Å². The summed E-state index contributed by atoms with van der Waals surface area (Å²) in [4.78, 5) is 13.5. The number of carbonyl (C=O) groups excluding carboxylic acids is 1. The van der Waals surface area contributed by atoms with Gasteiger partial charge in [-0.3, -0.25) is 4.79 Å². The van der Waals surface area contributed by atoms with Crippen molar-refractivity contribution in [2.75, 3.05) is 26.2 Å². The maximum atomic E-state index is 11.9. The van der Waals surface area contributed by atoms with Gasteiger partial charge in [-0.05, 0) is 20.3 Å². The first kappa shape index (κ1) is 15.4. The average Bonchev–Trinajstić information content (AvgIpc) is 2.24. The van der Waals surface area contributed by atoms with Crippen molar-refractivity contribution in [2.24, 2.45) is 10.9 Å². The second kappa shape index (κ2) is 5.52. The lowest BCUT2D eigenvalue weighted by Crippen LogP contribution is -2.52. The number of carbonyl (C=O) groups is 1. The van der Waals surface area contributed by atoms with Gasteiger partial charge in [-0.25, -0.2) is 5.14 Å². The number of piperazine rings is 1. The Balaban J connectivity index is 2.41. The number of nitrogens with two attached hydrogens (primary N) is 2. The second-order valence-electron chi connectivity index (χ2n) is 5.31. The molecule has 7 nitrogen and oxygen atoms in total. The summed E-state index contributed by atoms with van der Waals surface area (Å²) in [7, 11) is -3.64. The largest absolute Gasteiger partial charge is 0.340 e. The molecule has 0 aromatic carbocycles. The number of rotatable bonds is 4. The summed E-state index contributed by atoms with van der Waals surface area (Å²) in [6.07, 6.45) is 1.00. The van der Waals surface area contributed by atoms with Gasteiger partial charge in [-0.2, -0.15) is 12.7 Å². The highest BCUT2D eigenvalue weighted by Gasteiger charge is 2.26. The van der Waals surface area contributed by atoms with Crippen LogP contribution in [0.15, 0.2) is 0 Å². The zero-order valence-corrected chi connectivity index (χ0v) is 11.7. The molecule has 1 aliphatic rings. The minimum atomic E-state index is -3.64. The fourth-order valence-corrected chi connectivity index (χ4v) is 2.45. The summed E-state index contributed by atoms with van der Waals surface area (Å²) >= 11 is 0. The lowest BCUT2D eigenvalue weighted by molar-refractivity contribution is -0.132. The molecule has 106 valence electrons. The molecule has 8 heteroatoms. The van der Waals surface area contributed by atoms with E-state index >= 15 is 0 Å². The van der Waals surface area contributed by atoms with Crippen LogP contribution < -0.4 is 10.9 Å². The molecule has 0 aliphatic carbocycles. The molecule has 0 radical (unpaired) electrons. The number of hydrogen-bond acceptors (Lipinski definition) is 4. The van der Waals surface area contributed by atoms with E-state index in [0.29, 0.717) is 25.9 Å². The van der Waals surface area contributed by atoms with Crippen molar-refractivity contribution in [2.45, 2.75) is 32.2 Å². The molecule has 0 bridgehead atoms. The minimum Gasteiger partial charge on any atom is -0.340 e. The van der Waals surface area contributed by atoms with Gasteiger partial charge in [0.25, 0.3) is 10.2 Å². The molecule has 0 unspecified atom stereocenters. The van der Waals surface area contributed by atoms with Crippen LogP contribution in [0, 0.1) is 0 Å². The Morgan fingerprint density at radius 3 is 2.11 bits per heavy atom. The predicted octanol–water partition coefficient (Wildman–Crippen LogP) is -1.15. The fourth-order valence-electron chi connectivity index (χ4n) is 1.78. The monoisotopic (exact) mass is 278 g/mol. The Labute approximate surface area is 108 Å². The van der Waals surface area contributed by atoms with Crippen LogP contribution in [0.3, 0.4) is 0 Å². The quantitative estimate of drug-likeness (QED) is 0.676. The molecular formula is C10H22N4O3S. The van der Waals surface area contributed by atoms with Crippen LogP contribution in [0.4, 0.5) is 0 Å². The van der Waals surface area contributed by atoms with Crippen molar-refractivity contribution in [1.29, 1.82) is 0 Å². The molecule has 0 aromatic rings. The fraction of sp³-hybridized carbons (Fsp3) is 0.900. The minimum absolute atomic E-state index is 0.0163. The third-order valence-corrected chi connectivity index (χ3v) is 4.02. The molecule has 1 amide bonds. The first-order valence-corrected chi connectivity index (χ1v) is 7.44. The van der Waals surface area contributed by atoms with Crippen LogP contribution in [-0.2, 0) is 15.0 Å². The van der Waals surface area contributed by atoms with Crippen LogP contribution >= 0.6 is 0 Å². The van der Waals surface area contributed by atoms with E-state index in [1.165, 1.54) is 4.31 Å². The molecule has 0 spiro atoms. The van der Waals surface area contributed by atoms with Crippen molar-refractivity contribution in [1.82, 2.24) is 9.21 Å². The zero-order valence-electron chi connectivity index (χ0n) is 10.9. The Morgan fingerprint density at radius 2 is 1.72 bits per heavy atom. The summed E-state index contributed by atoms with van der Waals surface area (Å²) < 4.78 is 23.4. The smallest absolute Gasteiger partial charge is 0.277 e. The topological polar surface area (TPSA) is 110 Å². The molecule has 0 atom stereocenters. The highest BCUT2D eigenvalue weighted by Crippen LogP contribution is 2.11. The van der Waals surface area contributed by atoms with Crippen LogP contribution in [0.1, 0.15) is 26.7 Å². The van der Waals surface area contributed by atoms with E-state index in [1.807, 2.05) is 13.8 Å². The van der Waals surface area contributed by atoms with E-state index in [1.54, 1.807) is 4.90 Å². The summed E-state index contributed by atoms with van der Waals surface area (Å²) in [5, 5.41) is 5.03. The van der Waals surface area contributed by atoms with Crippen LogP contribution in [0.2, 0.25) is 0 Å². The van der Waals surface area contributed by atoms with Crippen molar-refractivity contribution in [3.8, 4) is 0 Å². The highest BCUT2D eigenvalue weighted by molar-refractivity contribution is 7.86. The Kier molecular flexibility index (Phi) is 4.71. The van der Waals surface area contributed by atoms with Gasteiger partial charge in [-0.15, -0.1) is 0 Å².